The molecule has 0 aliphatic rings. The second-order valence-corrected chi connectivity index (χ2v) is 3.93. The third kappa shape index (κ3) is 1.89. The lowest BCUT2D eigenvalue weighted by Gasteiger charge is -2.03. The van der Waals surface area contributed by atoms with E-state index in [1.165, 1.54) is 6.07 Å². The van der Waals surface area contributed by atoms with Crippen molar-refractivity contribution in [3.05, 3.63) is 29.3 Å². The molecule has 3 nitrogen and oxygen atoms in total. The molecule has 0 aliphatic heterocycles. The first-order valence-electron chi connectivity index (χ1n) is 3.50. The molecule has 0 atom stereocenters. The topological polar surface area (TPSA) is 54.4 Å². The lowest BCUT2D eigenvalue weighted by molar-refractivity contribution is 0.482. The third-order valence-corrected chi connectivity index (χ3v) is 2.68. The fourth-order valence-electron chi connectivity index (χ4n) is 1.11. The average molecular weight is 196 g/mol. The quantitative estimate of drug-likeness (QED) is 0.542. The van der Waals surface area contributed by atoms with Gasteiger partial charge < -0.3 is 0 Å². The first-order chi connectivity index (χ1) is 5.96. The van der Waals surface area contributed by atoms with Crippen LogP contribution in [0.4, 0.5) is 0 Å². The largest absolute Gasteiger partial charge is 0.296 e. The van der Waals surface area contributed by atoms with Crippen LogP contribution in [0.25, 0.3) is 0 Å². The Labute approximate surface area is 77.2 Å². The van der Waals surface area contributed by atoms with Crippen LogP contribution in [0.5, 0.6) is 0 Å². The summed E-state index contributed by atoms with van der Waals surface area (Å²) in [6.45, 7) is 1.57. The Kier molecular flexibility index (Phi) is 2.41. The molecule has 0 saturated heterocycles. The average Bonchev–Trinajstić information content (AvgIpc) is 2.01. The van der Waals surface area contributed by atoms with E-state index >= 15 is 0 Å². The Hall–Kier alpha value is -1.31. The van der Waals surface area contributed by atoms with Gasteiger partial charge in [-0.3, -0.25) is 4.55 Å². The van der Waals surface area contributed by atoms with Crippen LogP contribution < -0.4 is 0 Å². The Morgan fingerprint density at radius 2 is 2.08 bits per heavy atom. The number of benzene rings is 1. The standard InChI is InChI=1S/C9H8O3S/c1-3-8-6-4-5-7(2)9(8)13(10,11)12/h1,4-6H,2H3,(H,10,11,12). The van der Waals surface area contributed by atoms with Crippen LogP contribution in [-0.4, -0.2) is 13.0 Å². The molecule has 0 fully saturated rings. The van der Waals surface area contributed by atoms with Crippen molar-refractivity contribution in [2.75, 3.05) is 0 Å². The van der Waals surface area contributed by atoms with Crippen LogP contribution in [-0.2, 0) is 10.1 Å². The van der Waals surface area contributed by atoms with Gasteiger partial charge in [0.15, 0.2) is 0 Å². The van der Waals surface area contributed by atoms with Gasteiger partial charge in [0.05, 0.1) is 0 Å². The SMILES string of the molecule is C#Cc1cccc(C)c1S(=O)(=O)O. The Bertz CT molecular complexity index is 466. The second-order valence-electron chi connectivity index (χ2n) is 2.57. The van der Waals surface area contributed by atoms with E-state index in [1.54, 1.807) is 19.1 Å². The molecular formula is C9H8O3S. The molecule has 0 aromatic heterocycles. The fourth-order valence-corrected chi connectivity index (χ4v) is 1.99. The summed E-state index contributed by atoms with van der Waals surface area (Å²) in [6, 6.07) is 4.68. The van der Waals surface area contributed by atoms with Gasteiger partial charge in [-0.15, -0.1) is 6.42 Å². The third-order valence-electron chi connectivity index (χ3n) is 1.63. The van der Waals surface area contributed by atoms with Crippen molar-refractivity contribution >= 4 is 10.1 Å². The van der Waals surface area contributed by atoms with Crippen LogP contribution in [0.1, 0.15) is 11.1 Å². The summed E-state index contributed by atoms with van der Waals surface area (Å²) >= 11 is 0. The summed E-state index contributed by atoms with van der Waals surface area (Å²) in [6.07, 6.45) is 5.09. The molecule has 1 aromatic rings. The van der Waals surface area contributed by atoms with Gasteiger partial charge in [-0.1, -0.05) is 18.1 Å². The maximum absolute atomic E-state index is 10.9. The monoisotopic (exact) mass is 196 g/mol. The minimum absolute atomic E-state index is 0.183. The predicted molar refractivity (Wildman–Crippen MR) is 48.9 cm³/mol. The Balaban J connectivity index is 3.62. The minimum Gasteiger partial charge on any atom is -0.282 e. The molecule has 68 valence electrons. The molecule has 1 aromatic carbocycles. The van der Waals surface area contributed by atoms with Crippen LogP contribution in [0.3, 0.4) is 0 Å². The van der Waals surface area contributed by atoms with Crippen molar-refractivity contribution < 1.29 is 13.0 Å². The molecule has 1 N–H and O–H groups in total. The maximum atomic E-state index is 10.9. The molecule has 0 spiro atoms. The number of rotatable bonds is 1. The number of hydrogen-bond acceptors (Lipinski definition) is 2. The molecule has 0 aliphatic carbocycles. The Morgan fingerprint density at radius 1 is 1.46 bits per heavy atom. The molecule has 1 rings (SSSR count). The molecule has 4 heteroatoms. The van der Waals surface area contributed by atoms with Crippen LogP contribution in [0, 0.1) is 19.3 Å². The van der Waals surface area contributed by atoms with Gasteiger partial charge in [-0.05, 0) is 18.6 Å². The van der Waals surface area contributed by atoms with E-state index in [2.05, 4.69) is 5.92 Å². The highest BCUT2D eigenvalue weighted by molar-refractivity contribution is 7.86. The van der Waals surface area contributed by atoms with Crippen molar-refractivity contribution in [2.45, 2.75) is 11.8 Å². The maximum Gasteiger partial charge on any atom is 0.296 e. The van der Waals surface area contributed by atoms with Gasteiger partial charge >= 0.3 is 0 Å². The molecular weight excluding hydrogens is 188 g/mol. The molecule has 0 saturated carbocycles. The predicted octanol–water partition coefficient (Wildman–Crippen LogP) is 1.22. The van der Waals surface area contributed by atoms with Gasteiger partial charge in [0.25, 0.3) is 10.1 Å². The van der Waals surface area contributed by atoms with E-state index < -0.39 is 10.1 Å². The smallest absolute Gasteiger partial charge is 0.282 e. The van der Waals surface area contributed by atoms with Crippen LogP contribution >= 0.6 is 0 Å². The number of terminal acetylenes is 1. The summed E-state index contributed by atoms with van der Waals surface area (Å²) < 4.78 is 30.6. The highest BCUT2D eigenvalue weighted by Gasteiger charge is 2.16. The normalized spacial score (nSPS) is 10.8. The lowest BCUT2D eigenvalue weighted by atomic mass is 10.1. The molecule has 0 bridgehead atoms. The molecule has 0 heterocycles. The zero-order valence-electron chi connectivity index (χ0n) is 6.98. The van der Waals surface area contributed by atoms with Gasteiger partial charge in [0, 0.05) is 5.56 Å². The van der Waals surface area contributed by atoms with Crippen molar-refractivity contribution in [3.8, 4) is 12.3 Å². The summed E-state index contributed by atoms with van der Waals surface area (Å²) in [7, 11) is -4.22. The van der Waals surface area contributed by atoms with E-state index in [1.807, 2.05) is 0 Å². The highest BCUT2D eigenvalue weighted by Crippen LogP contribution is 2.18. The van der Waals surface area contributed by atoms with E-state index in [0.29, 0.717) is 5.56 Å². The van der Waals surface area contributed by atoms with Crippen LogP contribution in [0.2, 0.25) is 0 Å². The fraction of sp³-hybridized carbons (Fsp3) is 0.111. The van der Waals surface area contributed by atoms with E-state index in [9.17, 15) is 8.42 Å². The molecule has 0 unspecified atom stereocenters. The zero-order valence-corrected chi connectivity index (χ0v) is 7.80. The lowest BCUT2D eigenvalue weighted by Crippen LogP contribution is -2.03. The molecule has 13 heavy (non-hydrogen) atoms. The first-order valence-corrected chi connectivity index (χ1v) is 4.94. The van der Waals surface area contributed by atoms with Crippen molar-refractivity contribution in [3.63, 3.8) is 0 Å². The zero-order chi connectivity index (χ0) is 10.1. The first kappa shape index (κ1) is 9.78. The number of aryl methyl sites for hydroxylation is 1. The van der Waals surface area contributed by atoms with Crippen LogP contribution in [0.15, 0.2) is 23.1 Å². The summed E-state index contributed by atoms with van der Waals surface area (Å²) in [5, 5.41) is 0. The molecule has 0 radical (unpaired) electrons. The highest BCUT2D eigenvalue weighted by atomic mass is 32.2. The van der Waals surface area contributed by atoms with Crippen molar-refractivity contribution in [2.24, 2.45) is 0 Å². The van der Waals surface area contributed by atoms with Gasteiger partial charge in [-0.2, -0.15) is 8.42 Å². The summed E-state index contributed by atoms with van der Waals surface area (Å²) in [4.78, 5) is -0.183. The van der Waals surface area contributed by atoms with E-state index in [4.69, 9.17) is 11.0 Å². The minimum atomic E-state index is -4.22. The van der Waals surface area contributed by atoms with Gasteiger partial charge in [0.2, 0.25) is 0 Å². The van der Waals surface area contributed by atoms with E-state index in [0.717, 1.165) is 0 Å². The van der Waals surface area contributed by atoms with Crippen molar-refractivity contribution in [1.29, 1.82) is 0 Å². The van der Waals surface area contributed by atoms with Crippen molar-refractivity contribution in [1.82, 2.24) is 0 Å². The van der Waals surface area contributed by atoms with Gasteiger partial charge in [-0.25, -0.2) is 0 Å². The summed E-state index contributed by atoms with van der Waals surface area (Å²) in [5.74, 6) is 2.20. The van der Waals surface area contributed by atoms with Gasteiger partial charge in [0.1, 0.15) is 4.90 Å². The van der Waals surface area contributed by atoms with E-state index in [-0.39, 0.29) is 10.5 Å². The molecule has 0 amide bonds. The second kappa shape index (κ2) is 3.21. The Morgan fingerprint density at radius 3 is 2.46 bits per heavy atom. The number of hydrogen-bond donors (Lipinski definition) is 1. The summed E-state index contributed by atoms with van der Waals surface area (Å²) in [5.41, 5.74) is 0.625.